The minimum absolute atomic E-state index is 0.0945. The van der Waals surface area contributed by atoms with Crippen LogP contribution in [0.15, 0.2) is 45.6 Å². The Bertz CT molecular complexity index is 1070. The van der Waals surface area contributed by atoms with E-state index >= 15 is 0 Å². The lowest BCUT2D eigenvalue weighted by Crippen LogP contribution is -2.32. The van der Waals surface area contributed by atoms with Gasteiger partial charge in [0.25, 0.3) is 0 Å². The normalized spacial score (nSPS) is 14.7. The highest BCUT2D eigenvalue weighted by atomic mass is 35.5. The van der Waals surface area contributed by atoms with Crippen LogP contribution in [0.25, 0.3) is 11.1 Å². The Morgan fingerprint density at radius 1 is 1.19 bits per heavy atom. The van der Waals surface area contributed by atoms with E-state index in [-0.39, 0.29) is 18.5 Å². The van der Waals surface area contributed by atoms with Crippen molar-refractivity contribution in [3.05, 3.63) is 68.7 Å². The summed E-state index contributed by atoms with van der Waals surface area (Å²) in [5.74, 6) is -0.802. The first kappa shape index (κ1) is 17.9. The largest absolute Gasteiger partial charge is 0.420 e. The van der Waals surface area contributed by atoms with Crippen molar-refractivity contribution in [1.29, 1.82) is 0 Å². The number of carbonyl (C=O) groups is 1. The van der Waals surface area contributed by atoms with E-state index in [1.807, 2.05) is 6.92 Å². The Kier molecular flexibility index (Phi) is 4.79. The summed E-state index contributed by atoms with van der Waals surface area (Å²) in [4.78, 5) is 24.6. The van der Waals surface area contributed by atoms with Crippen LogP contribution in [0.5, 0.6) is 0 Å². The Labute approximate surface area is 161 Å². The van der Waals surface area contributed by atoms with Crippen molar-refractivity contribution in [3.8, 4) is 0 Å². The number of aryl methyl sites for hydroxylation is 2. The maximum absolute atomic E-state index is 12.5. The van der Waals surface area contributed by atoms with Crippen LogP contribution in [0.3, 0.4) is 0 Å². The average Bonchev–Trinajstić information content (AvgIpc) is 2.95. The number of benzene rings is 2. The van der Waals surface area contributed by atoms with E-state index in [4.69, 9.17) is 16.0 Å². The highest BCUT2D eigenvalue weighted by Gasteiger charge is 2.17. The third kappa shape index (κ3) is 3.65. The van der Waals surface area contributed by atoms with Gasteiger partial charge in [0.2, 0.25) is 5.91 Å². The highest BCUT2D eigenvalue weighted by molar-refractivity contribution is 6.31. The first-order valence-electron chi connectivity index (χ1n) is 9.21. The number of oxazole rings is 1. The second-order valence-corrected chi connectivity index (χ2v) is 7.53. The minimum Gasteiger partial charge on any atom is -0.408 e. The quantitative estimate of drug-likeness (QED) is 0.739. The molecule has 0 bridgehead atoms. The topological polar surface area (TPSA) is 64.2 Å². The second-order valence-electron chi connectivity index (χ2n) is 7.09. The fourth-order valence-corrected chi connectivity index (χ4v) is 3.89. The Balaban J connectivity index is 1.50. The summed E-state index contributed by atoms with van der Waals surface area (Å²) in [5, 5.41) is 3.46. The van der Waals surface area contributed by atoms with Crippen molar-refractivity contribution in [2.45, 2.75) is 45.2 Å². The molecule has 1 aliphatic carbocycles. The third-order valence-electron chi connectivity index (χ3n) is 5.18. The molecule has 140 valence electrons. The van der Waals surface area contributed by atoms with Gasteiger partial charge in [-0.2, -0.15) is 0 Å². The number of amides is 1. The van der Waals surface area contributed by atoms with Crippen LogP contribution in [0.2, 0.25) is 5.02 Å². The molecule has 1 aliphatic rings. The number of aromatic nitrogens is 1. The molecule has 5 nitrogen and oxygen atoms in total. The van der Waals surface area contributed by atoms with E-state index in [2.05, 4.69) is 23.5 Å². The molecule has 6 heteroatoms. The van der Waals surface area contributed by atoms with Crippen LogP contribution in [-0.4, -0.2) is 10.5 Å². The summed E-state index contributed by atoms with van der Waals surface area (Å²) in [6, 6.07) is 11.2. The third-order valence-corrected chi connectivity index (χ3v) is 5.42. The number of hydrogen-bond donors (Lipinski definition) is 1. The van der Waals surface area contributed by atoms with Gasteiger partial charge in [-0.15, -0.1) is 0 Å². The van der Waals surface area contributed by atoms with Gasteiger partial charge in [0.15, 0.2) is 5.58 Å². The summed E-state index contributed by atoms with van der Waals surface area (Å²) < 4.78 is 6.50. The van der Waals surface area contributed by atoms with Crippen molar-refractivity contribution in [2.24, 2.45) is 0 Å². The molecule has 0 aliphatic heterocycles. The molecule has 0 fully saturated rings. The zero-order valence-corrected chi connectivity index (χ0v) is 15.9. The van der Waals surface area contributed by atoms with Crippen LogP contribution >= 0.6 is 11.6 Å². The first-order chi connectivity index (χ1) is 13.0. The van der Waals surface area contributed by atoms with Crippen LogP contribution < -0.4 is 11.1 Å². The number of halogens is 1. The van der Waals surface area contributed by atoms with Crippen LogP contribution in [0.1, 0.15) is 42.5 Å². The molecule has 3 aromatic rings. The second kappa shape index (κ2) is 7.24. The molecule has 1 aromatic heterocycles. The highest BCUT2D eigenvalue weighted by Crippen LogP contribution is 2.25. The molecule has 4 rings (SSSR count). The van der Waals surface area contributed by atoms with E-state index in [1.54, 1.807) is 18.2 Å². The average molecular weight is 385 g/mol. The minimum atomic E-state index is -0.566. The number of hydrogen-bond acceptors (Lipinski definition) is 3. The number of rotatable bonds is 4. The van der Waals surface area contributed by atoms with Crippen molar-refractivity contribution in [1.82, 2.24) is 9.88 Å². The van der Waals surface area contributed by atoms with Gasteiger partial charge in [0.1, 0.15) is 6.54 Å². The van der Waals surface area contributed by atoms with Crippen molar-refractivity contribution in [3.63, 3.8) is 0 Å². The zero-order valence-electron chi connectivity index (χ0n) is 15.1. The van der Waals surface area contributed by atoms with Gasteiger partial charge < -0.3 is 9.73 Å². The number of carbonyl (C=O) groups excluding carboxylic acids is 1. The summed E-state index contributed by atoms with van der Waals surface area (Å²) in [5.41, 5.74) is 4.82. The molecule has 0 saturated heterocycles. The lowest BCUT2D eigenvalue weighted by molar-refractivity contribution is -0.122. The lowest BCUT2D eigenvalue weighted by atomic mass is 9.89. The standard InChI is InChI=1S/C21H21ClN2O3/c1-13(15-7-6-14-4-2-3-5-16(14)10-15)23-20(25)12-24-18-9-8-17(22)11-19(18)27-21(24)26/h6-11,13H,2-5,12H2,1H3,(H,23,25)/t13-/m1/s1. The Morgan fingerprint density at radius 2 is 1.96 bits per heavy atom. The predicted octanol–water partition coefficient (Wildman–Crippen LogP) is 4.00. The van der Waals surface area contributed by atoms with E-state index in [1.165, 1.54) is 28.5 Å². The van der Waals surface area contributed by atoms with E-state index < -0.39 is 5.76 Å². The molecule has 2 aromatic carbocycles. The maximum Gasteiger partial charge on any atom is 0.420 e. The molecule has 1 amide bonds. The van der Waals surface area contributed by atoms with Gasteiger partial charge in [-0.3, -0.25) is 9.36 Å². The van der Waals surface area contributed by atoms with Gasteiger partial charge in [0, 0.05) is 11.1 Å². The molecular weight excluding hydrogens is 364 g/mol. The smallest absolute Gasteiger partial charge is 0.408 e. The SMILES string of the molecule is C[C@@H](NC(=O)Cn1c(=O)oc2cc(Cl)ccc21)c1ccc2c(c1)CCCC2. The summed E-state index contributed by atoms with van der Waals surface area (Å²) in [7, 11) is 0. The van der Waals surface area contributed by atoms with Crippen molar-refractivity contribution < 1.29 is 9.21 Å². The van der Waals surface area contributed by atoms with Gasteiger partial charge in [0.05, 0.1) is 11.6 Å². The number of nitrogens with one attached hydrogen (secondary N) is 1. The number of fused-ring (bicyclic) bond motifs is 2. The van der Waals surface area contributed by atoms with Gasteiger partial charge in [-0.05, 0) is 61.4 Å². The van der Waals surface area contributed by atoms with Crippen LogP contribution in [0, 0.1) is 0 Å². The van der Waals surface area contributed by atoms with Crippen molar-refractivity contribution >= 4 is 28.6 Å². The molecular formula is C21H21ClN2O3. The fourth-order valence-electron chi connectivity index (χ4n) is 3.73. The molecule has 1 heterocycles. The first-order valence-corrected chi connectivity index (χ1v) is 9.59. The van der Waals surface area contributed by atoms with Crippen molar-refractivity contribution in [2.75, 3.05) is 0 Å². The predicted molar refractivity (Wildman–Crippen MR) is 105 cm³/mol. The summed E-state index contributed by atoms with van der Waals surface area (Å²) in [6.45, 7) is 1.86. The Morgan fingerprint density at radius 3 is 2.78 bits per heavy atom. The van der Waals surface area contributed by atoms with E-state index in [9.17, 15) is 9.59 Å². The number of nitrogens with zero attached hydrogens (tertiary/aromatic N) is 1. The monoisotopic (exact) mass is 384 g/mol. The lowest BCUT2D eigenvalue weighted by Gasteiger charge is -2.20. The molecule has 0 spiro atoms. The van der Waals surface area contributed by atoms with Gasteiger partial charge >= 0.3 is 5.76 Å². The Hall–Kier alpha value is -2.53. The van der Waals surface area contributed by atoms with Crippen LogP contribution in [-0.2, 0) is 24.2 Å². The molecule has 1 atom stereocenters. The maximum atomic E-state index is 12.5. The van der Waals surface area contributed by atoms with Gasteiger partial charge in [-0.25, -0.2) is 4.79 Å². The molecule has 1 N–H and O–H groups in total. The molecule has 0 radical (unpaired) electrons. The molecule has 0 saturated carbocycles. The molecule has 27 heavy (non-hydrogen) atoms. The zero-order chi connectivity index (χ0) is 19.0. The van der Waals surface area contributed by atoms with Gasteiger partial charge in [-0.1, -0.05) is 29.8 Å². The summed E-state index contributed by atoms with van der Waals surface area (Å²) in [6.07, 6.45) is 4.70. The van der Waals surface area contributed by atoms with Crippen LogP contribution in [0.4, 0.5) is 0 Å². The fraction of sp³-hybridized carbons (Fsp3) is 0.333. The molecule has 0 unspecified atom stereocenters. The summed E-state index contributed by atoms with van der Waals surface area (Å²) >= 11 is 5.92. The van der Waals surface area contributed by atoms with E-state index in [0.29, 0.717) is 16.1 Å². The van der Waals surface area contributed by atoms with E-state index in [0.717, 1.165) is 18.4 Å².